The average Bonchev–Trinajstić information content (AvgIpc) is 2.93. The van der Waals surface area contributed by atoms with Gasteiger partial charge >= 0.3 is 0 Å². The van der Waals surface area contributed by atoms with Gasteiger partial charge in [0.2, 0.25) is 0 Å². The first kappa shape index (κ1) is 15.1. The van der Waals surface area contributed by atoms with Crippen LogP contribution in [0, 0.1) is 0 Å². The van der Waals surface area contributed by atoms with Crippen molar-refractivity contribution in [2.45, 2.75) is 64.4 Å². The van der Waals surface area contributed by atoms with E-state index in [0.717, 1.165) is 23.9 Å². The SMILES string of the molecule is CCCCCCCCCC(O)c1ccc2[nH]ccc2c1. The zero-order valence-corrected chi connectivity index (χ0v) is 12.6. The Morgan fingerprint density at radius 3 is 2.55 bits per heavy atom. The van der Waals surface area contributed by atoms with Gasteiger partial charge in [-0.2, -0.15) is 0 Å². The molecule has 0 spiro atoms. The van der Waals surface area contributed by atoms with Crippen LogP contribution in [0.4, 0.5) is 0 Å². The molecule has 2 rings (SSSR count). The first-order valence-corrected chi connectivity index (χ1v) is 8.06. The molecule has 1 heterocycles. The highest BCUT2D eigenvalue weighted by Gasteiger charge is 2.08. The molecule has 0 saturated carbocycles. The topological polar surface area (TPSA) is 36.0 Å². The van der Waals surface area contributed by atoms with Gasteiger partial charge in [0.25, 0.3) is 0 Å². The van der Waals surface area contributed by atoms with Crippen LogP contribution >= 0.6 is 0 Å². The summed E-state index contributed by atoms with van der Waals surface area (Å²) >= 11 is 0. The quantitative estimate of drug-likeness (QED) is 0.594. The Morgan fingerprint density at radius 2 is 1.75 bits per heavy atom. The molecular weight excluding hydrogens is 246 g/mol. The number of benzene rings is 1. The summed E-state index contributed by atoms with van der Waals surface area (Å²) in [5.74, 6) is 0. The fourth-order valence-corrected chi connectivity index (χ4v) is 2.74. The first-order chi connectivity index (χ1) is 9.81. The minimum Gasteiger partial charge on any atom is -0.388 e. The van der Waals surface area contributed by atoms with E-state index in [1.807, 2.05) is 12.3 Å². The monoisotopic (exact) mass is 273 g/mol. The average molecular weight is 273 g/mol. The van der Waals surface area contributed by atoms with Gasteiger partial charge in [0.05, 0.1) is 6.10 Å². The number of unbranched alkanes of at least 4 members (excludes halogenated alkanes) is 6. The van der Waals surface area contributed by atoms with E-state index in [2.05, 4.69) is 30.1 Å². The van der Waals surface area contributed by atoms with E-state index in [4.69, 9.17) is 0 Å². The van der Waals surface area contributed by atoms with E-state index in [0.29, 0.717) is 0 Å². The van der Waals surface area contributed by atoms with E-state index in [-0.39, 0.29) is 6.10 Å². The molecule has 110 valence electrons. The number of nitrogens with one attached hydrogen (secondary N) is 1. The molecule has 0 aliphatic heterocycles. The van der Waals surface area contributed by atoms with Crippen LogP contribution in [0.5, 0.6) is 0 Å². The molecule has 1 aromatic heterocycles. The largest absolute Gasteiger partial charge is 0.388 e. The van der Waals surface area contributed by atoms with Crippen molar-refractivity contribution < 1.29 is 5.11 Å². The number of aromatic nitrogens is 1. The molecule has 0 fully saturated rings. The molecule has 1 aromatic carbocycles. The molecule has 0 radical (unpaired) electrons. The summed E-state index contributed by atoms with van der Waals surface area (Å²) in [6, 6.07) is 8.24. The number of hydrogen-bond acceptors (Lipinski definition) is 1. The molecule has 2 aromatic rings. The molecule has 20 heavy (non-hydrogen) atoms. The Kier molecular flexibility index (Phi) is 6.13. The van der Waals surface area contributed by atoms with Crippen LogP contribution in [0.15, 0.2) is 30.5 Å². The summed E-state index contributed by atoms with van der Waals surface area (Å²) < 4.78 is 0. The molecule has 1 atom stereocenters. The van der Waals surface area contributed by atoms with Crippen LogP contribution in [0.25, 0.3) is 10.9 Å². The summed E-state index contributed by atoms with van der Waals surface area (Å²) in [5, 5.41) is 11.4. The van der Waals surface area contributed by atoms with E-state index < -0.39 is 0 Å². The molecule has 0 aliphatic rings. The zero-order chi connectivity index (χ0) is 14.2. The lowest BCUT2D eigenvalue weighted by atomic mass is 10.0. The van der Waals surface area contributed by atoms with Crippen molar-refractivity contribution in [3.05, 3.63) is 36.0 Å². The zero-order valence-electron chi connectivity index (χ0n) is 12.6. The number of rotatable bonds is 9. The Hall–Kier alpha value is -1.28. The van der Waals surface area contributed by atoms with Crippen LogP contribution < -0.4 is 0 Å². The molecule has 0 amide bonds. The molecule has 0 aliphatic carbocycles. The maximum absolute atomic E-state index is 10.2. The van der Waals surface area contributed by atoms with Crippen molar-refractivity contribution in [1.29, 1.82) is 0 Å². The second kappa shape index (κ2) is 8.11. The number of aliphatic hydroxyl groups is 1. The standard InChI is InChI=1S/C18H27NO/c1-2-3-4-5-6-7-8-9-18(20)16-10-11-17-15(14-16)12-13-19-17/h10-14,18-20H,2-9H2,1H3. The fourth-order valence-electron chi connectivity index (χ4n) is 2.74. The summed E-state index contributed by atoms with van der Waals surface area (Å²) in [6.07, 6.45) is 11.6. The van der Waals surface area contributed by atoms with Crippen molar-refractivity contribution in [2.24, 2.45) is 0 Å². The Bertz CT molecular complexity index is 503. The van der Waals surface area contributed by atoms with Crippen LogP contribution in [0.1, 0.15) is 70.0 Å². The number of aliphatic hydroxyl groups excluding tert-OH is 1. The molecule has 0 bridgehead atoms. The second-order valence-electron chi connectivity index (χ2n) is 5.75. The van der Waals surface area contributed by atoms with Crippen molar-refractivity contribution >= 4 is 10.9 Å². The van der Waals surface area contributed by atoms with Gasteiger partial charge in [0.1, 0.15) is 0 Å². The normalized spacial score (nSPS) is 12.9. The Labute approximate surface area is 122 Å². The molecule has 2 nitrogen and oxygen atoms in total. The maximum Gasteiger partial charge on any atom is 0.0790 e. The lowest BCUT2D eigenvalue weighted by Gasteiger charge is -2.11. The van der Waals surface area contributed by atoms with E-state index in [9.17, 15) is 5.11 Å². The van der Waals surface area contributed by atoms with Gasteiger partial charge in [-0.3, -0.25) is 0 Å². The summed E-state index contributed by atoms with van der Waals surface area (Å²) in [7, 11) is 0. The van der Waals surface area contributed by atoms with Gasteiger partial charge in [-0.15, -0.1) is 0 Å². The highest BCUT2D eigenvalue weighted by molar-refractivity contribution is 5.79. The lowest BCUT2D eigenvalue weighted by molar-refractivity contribution is 0.163. The second-order valence-corrected chi connectivity index (χ2v) is 5.75. The highest BCUT2D eigenvalue weighted by Crippen LogP contribution is 2.23. The van der Waals surface area contributed by atoms with Crippen molar-refractivity contribution in [3.8, 4) is 0 Å². The first-order valence-electron chi connectivity index (χ1n) is 8.06. The van der Waals surface area contributed by atoms with Crippen molar-refractivity contribution in [2.75, 3.05) is 0 Å². The van der Waals surface area contributed by atoms with Crippen LogP contribution in [0.3, 0.4) is 0 Å². The minimum absolute atomic E-state index is 0.315. The highest BCUT2D eigenvalue weighted by atomic mass is 16.3. The Morgan fingerprint density at radius 1 is 1.00 bits per heavy atom. The van der Waals surface area contributed by atoms with Crippen molar-refractivity contribution in [3.63, 3.8) is 0 Å². The summed E-state index contributed by atoms with van der Waals surface area (Å²) in [4.78, 5) is 3.18. The van der Waals surface area contributed by atoms with Crippen LogP contribution in [-0.4, -0.2) is 10.1 Å². The fraction of sp³-hybridized carbons (Fsp3) is 0.556. The summed E-state index contributed by atoms with van der Waals surface area (Å²) in [5.41, 5.74) is 2.18. The predicted octanol–water partition coefficient (Wildman–Crippen LogP) is 5.34. The van der Waals surface area contributed by atoms with Crippen LogP contribution in [-0.2, 0) is 0 Å². The maximum atomic E-state index is 10.2. The lowest BCUT2D eigenvalue weighted by Crippen LogP contribution is -1.97. The third-order valence-electron chi connectivity index (χ3n) is 4.04. The van der Waals surface area contributed by atoms with E-state index in [1.165, 1.54) is 43.9 Å². The number of hydrogen-bond donors (Lipinski definition) is 2. The van der Waals surface area contributed by atoms with E-state index in [1.54, 1.807) is 0 Å². The molecule has 1 unspecified atom stereocenters. The van der Waals surface area contributed by atoms with Gasteiger partial charge in [-0.1, -0.05) is 57.9 Å². The molecule has 2 N–H and O–H groups in total. The number of H-pyrrole nitrogens is 1. The van der Waals surface area contributed by atoms with Gasteiger partial charge in [0.15, 0.2) is 0 Å². The van der Waals surface area contributed by atoms with Gasteiger partial charge in [0, 0.05) is 11.7 Å². The van der Waals surface area contributed by atoms with Gasteiger partial charge < -0.3 is 10.1 Å². The third-order valence-corrected chi connectivity index (χ3v) is 4.04. The number of aromatic amines is 1. The third kappa shape index (κ3) is 4.38. The minimum atomic E-state index is -0.315. The van der Waals surface area contributed by atoms with Crippen LogP contribution in [0.2, 0.25) is 0 Å². The van der Waals surface area contributed by atoms with Crippen molar-refractivity contribution in [1.82, 2.24) is 4.98 Å². The smallest absolute Gasteiger partial charge is 0.0790 e. The molecule has 2 heteroatoms. The predicted molar refractivity (Wildman–Crippen MR) is 85.9 cm³/mol. The molecule has 0 saturated heterocycles. The Balaban J connectivity index is 1.70. The van der Waals surface area contributed by atoms with Gasteiger partial charge in [-0.25, -0.2) is 0 Å². The number of fused-ring (bicyclic) bond motifs is 1. The molecular formula is C18H27NO. The summed E-state index contributed by atoms with van der Waals surface area (Å²) in [6.45, 7) is 2.25. The van der Waals surface area contributed by atoms with E-state index >= 15 is 0 Å². The van der Waals surface area contributed by atoms with Gasteiger partial charge in [-0.05, 0) is 35.6 Å².